The van der Waals surface area contributed by atoms with Gasteiger partial charge in [-0.2, -0.15) is 5.10 Å². The minimum Gasteiger partial charge on any atom is -0.467 e. The largest absolute Gasteiger partial charge is 0.467 e. The van der Waals surface area contributed by atoms with Crippen molar-refractivity contribution in [2.75, 3.05) is 6.54 Å². The normalized spacial score (nSPS) is 11.9. The molecule has 0 saturated heterocycles. The number of carbonyl (C=O) groups excluding carboxylic acids is 1. The van der Waals surface area contributed by atoms with E-state index in [1.54, 1.807) is 17.0 Å². The van der Waals surface area contributed by atoms with Crippen LogP contribution in [0.3, 0.4) is 0 Å². The molecule has 8 nitrogen and oxygen atoms in total. The molecule has 8 heteroatoms. The summed E-state index contributed by atoms with van der Waals surface area (Å²) in [6, 6.07) is 10.8. The average molecular weight is 354 g/mol. The first-order valence-electron chi connectivity index (χ1n) is 8.04. The van der Waals surface area contributed by atoms with Gasteiger partial charge in [-0.3, -0.25) is 19.6 Å². The van der Waals surface area contributed by atoms with Crippen molar-refractivity contribution in [3.8, 4) is 0 Å². The lowest BCUT2D eigenvalue weighted by atomic mass is 10.1. The molecular weight excluding hydrogens is 336 g/mol. The van der Waals surface area contributed by atoms with Gasteiger partial charge in [0.2, 0.25) is 0 Å². The molecular formula is C18H18N4O4. The highest BCUT2D eigenvalue weighted by molar-refractivity contribution is 5.94. The minimum atomic E-state index is -0.529. The van der Waals surface area contributed by atoms with Gasteiger partial charge in [0, 0.05) is 29.9 Å². The zero-order valence-electron chi connectivity index (χ0n) is 14.4. The topological polar surface area (TPSA) is 103 Å². The molecule has 0 aliphatic heterocycles. The predicted octanol–water partition coefficient (Wildman–Crippen LogP) is 3.02. The van der Waals surface area contributed by atoms with E-state index in [4.69, 9.17) is 4.42 Å². The number of nitro groups is 1. The number of rotatable bonds is 6. The van der Waals surface area contributed by atoms with Crippen molar-refractivity contribution >= 4 is 11.6 Å². The Morgan fingerprint density at radius 3 is 2.73 bits per heavy atom. The maximum absolute atomic E-state index is 12.4. The van der Waals surface area contributed by atoms with Gasteiger partial charge in [0.25, 0.3) is 11.6 Å². The lowest BCUT2D eigenvalue weighted by Gasteiger charge is -2.18. The zero-order valence-corrected chi connectivity index (χ0v) is 14.4. The van der Waals surface area contributed by atoms with Crippen molar-refractivity contribution in [2.45, 2.75) is 19.9 Å². The third-order valence-electron chi connectivity index (χ3n) is 3.99. The fourth-order valence-electron chi connectivity index (χ4n) is 2.80. The number of non-ortho nitro benzene ring substituents is 1. The Hall–Kier alpha value is -3.42. The number of hydrogen-bond donors (Lipinski definition) is 1. The number of hydrogen-bond acceptors (Lipinski definition) is 5. The van der Waals surface area contributed by atoms with Crippen molar-refractivity contribution in [2.24, 2.45) is 0 Å². The van der Waals surface area contributed by atoms with Gasteiger partial charge in [-0.25, -0.2) is 0 Å². The van der Waals surface area contributed by atoms with E-state index in [0.717, 1.165) is 11.4 Å². The molecule has 1 atom stereocenters. The van der Waals surface area contributed by atoms with E-state index in [-0.39, 0.29) is 23.8 Å². The van der Waals surface area contributed by atoms with E-state index >= 15 is 0 Å². The molecule has 0 fully saturated rings. The van der Waals surface area contributed by atoms with Crippen molar-refractivity contribution in [3.63, 3.8) is 0 Å². The molecule has 0 radical (unpaired) electrons. The van der Waals surface area contributed by atoms with Gasteiger partial charge in [0.15, 0.2) is 0 Å². The van der Waals surface area contributed by atoms with Crippen LogP contribution in [0.1, 0.15) is 33.5 Å². The zero-order chi connectivity index (χ0) is 18.7. The van der Waals surface area contributed by atoms with E-state index < -0.39 is 10.8 Å². The van der Waals surface area contributed by atoms with Gasteiger partial charge in [-0.1, -0.05) is 6.07 Å². The molecule has 1 unspecified atom stereocenters. The molecule has 0 saturated carbocycles. The summed E-state index contributed by atoms with van der Waals surface area (Å²) >= 11 is 0. The first-order valence-corrected chi connectivity index (χ1v) is 8.04. The molecule has 2 heterocycles. The number of nitro benzene ring substituents is 1. The van der Waals surface area contributed by atoms with E-state index in [1.165, 1.54) is 24.3 Å². The highest BCUT2D eigenvalue weighted by Gasteiger charge is 2.21. The molecule has 1 amide bonds. The summed E-state index contributed by atoms with van der Waals surface area (Å²) in [5, 5.41) is 18.1. The summed E-state index contributed by atoms with van der Waals surface area (Å²) in [5.41, 5.74) is 1.90. The number of aromatic nitrogens is 2. The number of nitrogens with one attached hydrogen (secondary N) is 1. The van der Waals surface area contributed by atoms with Crippen LogP contribution in [0, 0.1) is 24.0 Å². The third kappa shape index (κ3) is 3.64. The standard InChI is InChI=1S/C18H18N4O4/c1-12-9-13(2)21(20-12)16(17-7-4-8-26-17)11-19-18(23)14-5-3-6-15(10-14)22(24)25/h3-10,16H,11H2,1-2H3,(H,19,23). The summed E-state index contributed by atoms with van der Waals surface area (Å²) in [7, 11) is 0. The molecule has 0 aliphatic carbocycles. The molecule has 3 aromatic rings. The maximum atomic E-state index is 12.4. The second-order valence-corrected chi connectivity index (χ2v) is 5.92. The summed E-state index contributed by atoms with van der Waals surface area (Å²) in [6.07, 6.45) is 1.57. The maximum Gasteiger partial charge on any atom is 0.270 e. The number of furan rings is 1. The van der Waals surface area contributed by atoms with Gasteiger partial charge >= 0.3 is 0 Å². The van der Waals surface area contributed by atoms with Crippen LogP contribution in [0.4, 0.5) is 5.69 Å². The molecule has 0 spiro atoms. The van der Waals surface area contributed by atoms with Gasteiger partial charge < -0.3 is 9.73 Å². The molecule has 1 aromatic carbocycles. The summed E-state index contributed by atoms with van der Waals surface area (Å²) in [6.45, 7) is 4.06. The van der Waals surface area contributed by atoms with E-state index in [0.29, 0.717) is 5.76 Å². The predicted molar refractivity (Wildman–Crippen MR) is 94.0 cm³/mol. The summed E-state index contributed by atoms with van der Waals surface area (Å²) in [4.78, 5) is 22.8. The lowest BCUT2D eigenvalue weighted by Crippen LogP contribution is -2.32. The number of amides is 1. The quantitative estimate of drug-likeness (QED) is 0.541. The highest BCUT2D eigenvalue weighted by atomic mass is 16.6. The number of benzene rings is 1. The van der Waals surface area contributed by atoms with Crippen LogP contribution in [0.15, 0.2) is 53.1 Å². The minimum absolute atomic E-state index is 0.126. The fraction of sp³-hybridized carbons (Fsp3) is 0.222. The van der Waals surface area contributed by atoms with Gasteiger partial charge in [0.1, 0.15) is 11.8 Å². The fourth-order valence-corrected chi connectivity index (χ4v) is 2.80. The van der Waals surface area contributed by atoms with Crippen LogP contribution in [0.2, 0.25) is 0 Å². The van der Waals surface area contributed by atoms with E-state index in [9.17, 15) is 14.9 Å². The molecule has 0 bridgehead atoms. The van der Waals surface area contributed by atoms with Crippen molar-refractivity contribution in [3.05, 3.63) is 81.6 Å². The molecule has 2 aromatic heterocycles. The SMILES string of the molecule is Cc1cc(C)n(C(CNC(=O)c2cccc([N+](=O)[O-])c2)c2ccco2)n1. The molecule has 134 valence electrons. The first kappa shape index (κ1) is 17.4. The van der Waals surface area contributed by atoms with Crippen molar-refractivity contribution in [1.29, 1.82) is 0 Å². The van der Waals surface area contributed by atoms with Crippen LogP contribution in [-0.2, 0) is 0 Å². The monoisotopic (exact) mass is 354 g/mol. The van der Waals surface area contributed by atoms with Crippen LogP contribution < -0.4 is 5.32 Å². The molecule has 0 aliphatic rings. The Morgan fingerprint density at radius 1 is 1.31 bits per heavy atom. The second-order valence-electron chi connectivity index (χ2n) is 5.92. The Kier molecular flexibility index (Phi) is 4.83. The van der Waals surface area contributed by atoms with Crippen LogP contribution in [-0.4, -0.2) is 27.2 Å². The third-order valence-corrected chi connectivity index (χ3v) is 3.99. The van der Waals surface area contributed by atoms with Crippen LogP contribution in [0.5, 0.6) is 0 Å². The Bertz CT molecular complexity index is 931. The van der Waals surface area contributed by atoms with E-state index in [2.05, 4.69) is 10.4 Å². The molecule has 26 heavy (non-hydrogen) atoms. The first-order chi connectivity index (χ1) is 12.5. The molecule has 3 rings (SSSR count). The molecule has 1 N–H and O–H groups in total. The number of aryl methyl sites for hydroxylation is 2. The van der Waals surface area contributed by atoms with Crippen LogP contribution >= 0.6 is 0 Å². The lowest BCUT2D eigenvalue weighted by molar-refractivity contribution is -0.384. The summed E-state index contributed by atoms with van der Waals surface area (Å²) < 4.78 is 7.29. The summed E-state index contributed by atoms with van der Waals surface area (Å²) in [5.74, 6) is 0.266. The van der Waals surface area contributed by atoms with Gasteiger partial charge in [0.05, 0.1) is 16.9 Å². The number of carbonyl (C=O) groups is 1. The second kappa shape index (κ2) is 7.22. The van der Waals surface area contributed by atoms with E-state index in [1.807, 2.05) is 26.0 Å². The van der Waals surface area contributed by atoms with Crippen molar-refractivity contribution < 1.29 is 14.1 Å². The smallest absolute Gasteiger partial charge is 0.270 e. The van der Waals surface area contributed by atoms with Crippen molar-refractivity contribution in [1.82, 2.24) is 15.1 Å². The van der Waals surface area contributed by atoms with Gasteiger partial charge in [-0.15, -0.1) is 0 Å². The Balaban J connectivity index is 1.80. The van der Waals surface area contributed by atoms with Crippen LogP contribution in [0.25, 0.3) is 0 Å². The highest BCUT2D eigenvalue weighted by Crippen LogP contribution is 2.21. The number of nitrogens with zero attached hydrogens (tertiary/aromatic N) is 3. The Morgan fingerprint density at radius 2 is 2.12 bits per heavy atom. The Labute approximate surface area is 149 Å². The van der Waals surface area contributed by atoms with Gasteiger partial charge in [-0.05, 0) is 38.1 Å². The average Bonchev–Trinajstić information content (AvgIpc) is 3.25.